The lowest BCUT2D eigenvalue weighted by Gasteiger charge is -2.23. The predicted molar refractivity (Wildman–Crippen MR) is 155 cm³/mol. The topological polar surface area (TPSA) is 80.4 Å². The van der Waals surface area contributed by atoms with E-state index in [4.69, 9.17) is 17.3 Å². The molecule has 2 amide bonds. The number of aromatic nitrogens is 1. The molecule has 1 aromatic heterocycles. The minimum atomic E-state index is -0.481. The molecule has 37 heavy (non-hydrogen) atoms. The largest absolute Gasteiger partial charge is 0.366 e. The highest BCUT2D eigenvalue weighted by molar-refractivity contribution is 7.77. The molecule has 8 heteroatoms. The fourth-order valence-electron chi connectivity index (χ4n) is 5.26. The maximum absolute atomic E-state index is 13.1. The van der Waals surface area contributed by atoms with E-state index < -0.39 is 5.91 Å². The van der Waals surface area contributed by atoms with Crippen LogP contribution < -0.4 is 11.1 Å². The Morgan fingerprint density at radius 2 is 1.86 bits per heavy atom. The number of carbonyl (C=O) groups is 2. The summed E-state index contributed by atoms with van der Waals surface area (Å²) in [7, 11) is 1.89. The summed E-state index contributed by atoms with van der Waals surface area (Å²) in [5.74, 6) is -0.169. The molecule has 3 aromatic rings. The van der Waals surface area contributed by atoms with E-state index in [1.54, 1.807) is 10.4 Å². The van der Waals surface area contributed by atoms with Gasteiger partial charge in [0, 0.05) is 29.1 Å². The van der Waals surface area contributed by atoms with Crippen molar-refractivity contribution in [2.24, 2.45) is 5.73 Å². The third kappa shape index (κ3) is 6.78. The lowest BCUT2D eigenvalue weighted by Crippen LogP contribution is -2.28. The molecule has 0 aliphatic heterocycles. The van der Waals surface area contributed by atoms with Crippen LogP contribution in [0.15, 0.2) is 54.6 Å². The summed E-state index contributed by atoms with van der Waals surface area (Å²) in [6.45, 7) is 1.43. The maximum atomic E-state index is 13.1. The summed E-state index contributed by atoms with van der Waals surface area (Å²) < 4.78 is 3.84. The summed E-state index contributed by atoms with van der Waals surface area (Å²) in [5, 5.41) is 4.78. The van der Waals surface area contributed by atoms with Gasteiger partial charge in [-0.15, -0.1) is 0 Å². The number of hydrogen-bond acceptors (Lipinski definition) is 4. The Morgan fingerprint density at radius 3 is 2.54 bits per heavy atom. The van der Waals surface area contributed by atoms with Gasteiger partial charge in [0.1, 0.15) is 6.54 Å². The van der Waals surface area contributed by atoms with Gasteiger partial charge in [0.05, 0.1) is 11.2 Å². The van der Waals surface area contributed by atoms with E-state index in [0.29, 0.717) is 23.0 Å². The number of likely N-dealkylation sites (N-methyl/N-ethyl adjacent to an activating group) is 1. The fraction of sp³-hybridized carbons (Fsp3) is 0.379. The zero-order chi connectivity index (χ0) is 26.4. The number of rotatable bonds is 10. The van der Waals surface area contributed by atoms with Crippen LogP contribution in [0.25, 0.3) is 22.2 Å². The molecule has 0 unspecified atom stereocenters. The van der Waals surface area contributed by atoms with Crippen molar-refractivity contribution in [1.29, 1.82) is 0 Å². The number of amides is 2. The second-order valence-electron chi connectivity index (χ2n) is 9.74. The molecule has 0 radical (unpaired) electrons. The molecule has 1 heterocycles. The highest BCUT2D eigenvalue weighted by Crippen LogP contribution is 2.44. The summed E-state index contributed by atoms with van der Waals surface area (Å²) in [6.07, 6.45) is 10.6. The second kappa shape index (κ2) is 12.7. The zero-order valence-corrected chi connectivity index (χ0v) is 22.9. The van der Waals surface area contributed by atoms with Crippen LogP contribution in [0.4, 0.5) is 0 Å². The summed E-state index contributed by atoms with van der Waals surface area (Å²) in [4.78, 5) is 25.2. The first-order valence-electron chi connectivity index (χ1n) is 12.9. The smallest absolute Gasteiger partial charge is 0.248 e. The van der Waals surface area contributed by atoms with E-state index in [0.717, 1.165) is 48.0 Å². The first-order chi connectivity index (χ1) is 17.8. The molecule has 6 nitrogen and oxygen atoms in total. The molecule has 0 saturated heterocycles. The monoisotopic (exact) mass is 538 g/mol. The van der Waals surface area contributed by atoms with Crippen LogP contribution in [0.1, 0.15) is 60.4 Å². The number of nitrogens with two attached hydrogens (primary N) is 1. The minimum absolute atomic E-state index is 0.0773. The maximum Gasteiger partial charge on any atom is 0.248 e. The van der Waals surface area contributed by atoms with Crippen molar-refractivity contribution in [3.05, 3.63) is 70.8 Å². The molecule has 2 aromatic carbocycles. The van der Waals surface area contributed by atoms with Crippen molar-refractivity contribution in [1.82, 2.24) is 14.2 Å². The molecular formula is C29H35ClN4O2S. The van der Waals surface area contributed by atoms with Gasteiger partial charge in [-0.1, -0.05) is 74.0 Å². The molecule has 1 aliphatic rings. The van der Waals surface area contributed by atoms with Gasteiger partial charge in [-0.3, -0.25) is 13.9 Å². The fourth-order valence-corrected chi connectivity index (χ4v) is 5.48. The Balaban J connectivity index is 1.74. The number of carbonyl (C=O) groups excluding carboxylic acids is 2. The van der Waals surface area contributed by atoms with E-state index in [9.17, 15) is 9.59 Å². The van der Waals surface area contributed by atoms with E-state index in [1.165, 1.54) is 24.8 Å². The summed E-state index contributed by atoms with van der Waals surface area (Å²) >= 11 is 10.4. The Morgan fingerprint density at radius 1 is 1.14 bits per heavy atom. The van der Waals surface area contributed by atoms with Crippen molar-refractivity contribution in [3.63, 3.8) is 0 Å². The average Bonchev–Trinajstić information content (AvgIpc) is 3.20. The van der Waals surface area contributed by atoms with Crippen molar-refractivity contribution in [2.45, 2.75) is 51.0 Å². The van der Waals surface area contributed by atoms with Crippen LogP contribution in [0.3, 0.4) is 0 Å². The Labute approximate surface area is 229 Å². The molecule has 0 atom stereocenters. The van der Waals surface area contributed by atoms with Gasteiger partial charge in [0.25, 0.3) is 0 Å². The first kappa shape index (κ1) is 27.3. The van der Waals surface area contributed by atoms with Crippen LogP contribution in [0.5, 0.6) is 0 Å². The molecule has 0 spiro atoms. The summed E-state index contributed by atoms with van der Waals surface area (Å²) in [6, 6.07) is 13.4. The molecule has 1 fully saturated rings. The molecule has 1 saturated carbocycles. The number of benzene rings is 2. The van der Waals surface area contributed by atoms with E-state index in [-0.39, 0.29) is 12.5 Å². The van der Waals surface area contributed by atoms with Gasteiger partial charge in [-0.25, -0.2) is 0 Å². The minimum Gasteiger partial charge on any atom is -0.366 e. The van der Waals surface area contributed by atoms with Gasteiger partial charge >= 0.3 is 0 Å². The lowest BCUT2D eigenvalue weighted by atomic mass is 9.82. The SMILES string of the molecule is CN(S)C/C=C\CCNC(=O)Cn1c(-c2ccc(Cl)cc2)c(C2CCCCC2)c2ccc(C(N)=O)cc21. The van der Waals surface area contributed by atoms with Crippen molar-refractivity contribution in [3.8, 4) is 11.3 Å². The standard InChI is InChI=1S/C29H35ClN4O2S/c1-33(37)17-7-3-6-16-32-26(35)19-34-25-18-22(29(31)36)12-15-24(25)27(20-8-4-2-5-9-20)28(34)21-10-13-23(30)14-11-21/h3,7,10-15,18,20,37H,2,4-6,8-9,16-17,19H2,1H3,(H2,31,36)(H,32,35)/b7-3-. The third-order valence-corrected chi connectivity index (χ3v) is 7.41. The third-order valence-electron chi connectivity index (χ3n) is 6.99. The van der Waals surface area contributed by atoms with Gasteiger partial charge in [0.2, 0.25) is 11.8 Å². The number of nitrogens with zero attached hydrogens (tertiary/aromatic N) is 2. The number of fused-ring (bicyclic) bond motifs is 1. The number of thiol groups is 1. The Hall–Kier alpha value is -2.74. The molecule has 4 rings (SSSR count). The van der Waals surface area contributed by atoms with Crippen molar-refractivity contribution in [2.75, 3.05) is 20.1 Å². The highest BCUT2D eigenvalue weighted by atomic mass is 35.5. The van der Waals surface area contributed by atoms with Crippen LogP contribution in [0, 0.1) is 0 Å². The van der Waals surface area contributed by atoms with Gasteiger partial charge in [-0.2, -0.15) is 0 Å². The van der Waals surface area contributed by atoms with E-state index in [1.807, 2.05) is 55.6 Å². The Bertz CT molecular complexity index is 1280. The number of hydrogen-bond donors (Lipinski definition) is 3. The van der Waals surface area contributed by atoms with Crippen molar-refractivity contribution >= 4 is 47.1 Å². The predicted octanol–water partition coefficient (Wildman–Crippen LogP) is 5.95. The van der Waals surface area contributed by atoms with Gasteiger partial charge in [0.15, 0.2) is 0 Å². The van der Waals surface area contributed by atoms with E-state index in [2.05, 4.69) is 22.7 Å². The first-order valence-corrected chi connectivity index (χ1v) is 13.7. The number of nitrogens with one attached hydrogen (secondary N) is 1. The number of primary amides is 1. The average molecular weight is 539 g/mol. The zero-order valence-electron chi connectivity index (χ0n) is 21.3. The highest BCUT2D eigenvalue weighted by Gasteiger charge is 2.27. The Kier molecular flexibility index (Phi) is 9.35. The van der Waals surface area contributed by atoms with Crippen molar-refractivity contribution < 1.29 is 9.59 Å². The van der Waals surface area contributed by atoms with Crippen LogP contribution in [-0.2, 0) is 11.3 Å². The lowest BCUT2D eigenvalue weighted by molar-refractivity contribution is -0.121. The van der Waals surface area contributed by atoms with Gasteiger partial charge < -0.3 is 15.6 Å². The normalized spacial score (nSPS) is 14.6. The van der Waals surface area contributed by atoms with Crippen LogP contribution in [0.2, 0.25) is 5.02 Å². The molecule has 1 aliphatic carbocycles. The second-order valence-corrected chi connectivity index (χ2v) is 10.9. The van der Waals surface area contributed by atoms with Crippen LogP contribution in [-0.4, -0.2) is 40.8 Å². The summed E-state index contributed by atoms with van der Waals surface area (Å²) in [5.41, 5.74) is 10.2. The molecule has 3 N–H and O–H groups in total. The molecule has 196 valence electrons. The quantitative estimate of drug-likeness (QED) is 0.169. The van der Waals surface area contributed by atoms with Crippen LogP contribution >= 0.6 is 24.4 Å². The van der Waals surface area contributed by atoms with Gasteiger partial charge in [-0.05, 0) is 67.6 Å². The molecule has 0 bridgehead atoms. The number of halogens is 1. The molecular weight excluding hydrogens is 504 g/mol. The van der Waals surface area contributed by atoms with E-state index >= 15 is 0 Å².